The molecular weight excluding hydrogens is 380 g/mol. The van der Waals surface area contributed by atoms with Crippen LogP contribution < -0.4 is 15.4 Å². The maximum absolute atomic E-state index is 12.4. The highest BCUT2D eigenvalue weighted by molar-refractivity contribution is 6.31. The van der Waals surface area contributed by atoms with Gasteiger partial charge >= 0.3 is 0 Å². The summed E-state index contributed by atoms with van der Waals surface area (Å²) < 4.78 is 10.6. The highest BCUT2D eigenvalue weighted by Crippen LogP contribution is 2.21. The van der Waals surface area contributed by atoms with Crippen molar-refractivity contribution in [3.05, 3.63) is 82.3 Å². The Bertz CT molecular complexity index is 996. The fourth-order valence-electron chi connectivity index (χ4n) is 2.52. The first-order chi connectivity index (χ1) is 13.5. The van der Waals surface area contributed by atoms with Crippen LogP contribution in [0.1, 0.15) is 32.2 Å². The molecule has 0 unspecified atom stereocenters. The zero-order chi connectivity index (χ0) is 20.1. The maximum Gasteiger partial charge on any atom is 0.291 e. The van der Waals surface area contributed by atoms with E-state index in [9.17, 15) is 9.59 Å². The normalized spacial score (nSPS) is 10.4. The van der Waals surface area contributed by atoms with Crippen molar-refractivity contribution in [3.63, 3.8) is 0 Å². The lowest BCUT2D eigenvalue weighted by molar-refractivity contribution is 0.0948. The summed E-state index contributed by atoms with van der Waals surface area (Å²) in [5.41, 5.74) is 2.00. The Morgan fingerprint density at radius 2 is 1.79 bits per heavy atom. The van der Waals surface area contributed by atoms with Crippen molar-refractivity contribution in [1.82, 2.24) is 5.32 Å². The van der Waals surface area contributed by atoms with Gasteiger partial charge in [0, 0.05) is 16.3 Å². The molecule has 1 heterocycles. The van der Waals surface area contributed by atoms with E-state index in [1.54, 1.807) is 55.6 Å². The number of methoxy groups -OCH3 is 1. The molecule has 28 heavy (non-hydrogen) atoms. The lowest BCUT2D eigenvalue weighted by atomic mass is 10.2. The third kappa shape index (κ3) is 4.72. The number of carbonyl (C=O) groups excluding carboxylic acids is 2. The Morgan fingerprint density at radius 3 is 2.50 bits per heavy atom. The molecule has 2 aromatic carbocycles. The number of nitrogens with one attached hydrogen (secondary N) is 2. The number of hydrogen-bond acceptors (Lipinski definition) is 4. The molecule has 0 aliphatic rings. The lowest BCUT2D eigenvalue weighted by Crippen LogP contribution is -2.22. The summed E-state index contributed by atoms with van der Waals surface area (Å²) in [5, 5.41) is 6.04. The van der Waals surface area contributed by atoms with Crippen LogP contribution in [0.5, 0.6) is 5.75 Å². The molecule has 7 heteroatoms. The minimum Gasteiger partial charge on any atom is -0.497 e. The number of aryl methyl sites for hydroxylation is 1. The van der Waals surface area contributed by atoms with Gasteiger partial charge in [0.1, 0.15) is 11.5 Å². The summed E-state index contributed by atoms with van der Waals surface area (Å²) in [6.07, 6.45) is 0. The molecule has 6 nitrogen and oxygen atoms in total. The summed E-state index contributed by atoms with van der Waals surface area (Å²) >= 11 is 5.97. The number of benzene rings is 2. The van der Waals surface area contributed by atoms with Crippen LogP contribution in [0.2, 0.25) is 5.02 Å². The zero-order valence-electron chi connectivity index (χ0n) is 15.4. The maximum atomic E-state index is 12.4. The van der Waals surface area contributed by atoms with Gasteiger partial charge in [-0.15, -0.1) is 0 Å². The number of furan rings is 1. The van der Waals surface area contributed by atoms with Crippen molar-refractivity contribution in [2.75, 3.05) is 12.4 Å². The molecule has 0 spiro atoms. The molecule has 0 fully saturated rings. The van der Waals surface area contributed by atoms with Crippen LogP contribution in [0.3, 0.4) is 0 Å². The summed E-state index contributed by atoms with van der Waals surface area (Å²) in [6, 6.07) is 15.2. The predicted molar refractivity (Wildman–Crippen MR) is 107 cm³/mol. The van der Waals surface area contributed by atoms with Crippen LogP contribution in [-0.2, 0) is 6.54 Å². The van der Waals surface area contributed by atoms with Gasteiger partial charge in [-0.3, -0.25) is 9.59 Å². The first-order valence-corrected chi connectivity index (χ1v) is 8.92. The Kier molecular flexibility index (Phi) is 6.01. The van der Waals surface area contributed by atoms with E-state index in [1.165, 1.54) is 0 Å². The zero-order valence-corrected chi connectivity index (χ0v) is 16.2. The van der Waals surface area contributed by atoms with Crippen molar-refractivity contribution in [2.45, 2.75) is 13.5 Å². The molecule has 0 saturated heterocycles. The topological polar surface area (TPSA) is 80.6 Å². The molecule has 2 N–H and O–H groups in total. The number of rotatable bonds is 6. The van der Waals surface area contributed by atoms with Gasteiger partial charge in [-0.1, -0.05) is 17.7 Å². The van der Waals surface area contributed by atoms with Crippen molar-refractivity contribution in [2.24, 2.45) is 0 Å². The molecule has 3 rings (SSSR count). The first kappa shape index (κ1) is 19.5. The highest BCUT2D eigenvalue weighted by Gasteiger charge is 2.14. The highest BCUT2D eigenvalue weighted by atomic mass is 35.5. The van der Waals surface area contributed by atoms with Gasteiger partial charge in [-0.2, -0.15) is 0 Å². The molecule has 2 amide bonds. The Hall–Kier alpha value is -3.25. The number of amides is 2. The fraction of sp³-hybridized carbons (Fsp3) is 0.143. The average Bonchev–Trinajstić information content (AvgIpc) is 3.18. The molecule has 0 aliphatic carbocycles. The minimum atomic E-state index is -0.391. The fourth-order valence-corrected chi connectivity index (χ4v) is 2.69. The molecule has 144 valence electrons. The Labute approximate surface area is 167 Å². The predicted octanol–water partition coefficient (Wildman–Crippen LogP) is 4.43. The molecule has 0 saturated carbocycles. The summed E-state index contributed by atoms with van der Waals surface area (Å²) in [5.74, 6) is 0.647. The SMILES string of the molecule is COc1ccc(C(=O)NCc2ccc(C(=O)Nc3cc(Cl)ccc3C)o2)cc1. The van der Waals surface area contributed by atoms with E-state index in [0.29, 0.717) is 27.8 Å². The van der Waals surface area contributed by atoms with Gasteiger partial charge in [0.15, 0.2) is 5.76 Å². The van der Waals surface area contributed by atoms with Crippen molar-refractivity contribution in [1.29, 1.82) is 0 Å². The number of halogens is 1. The smallest absolute Gasteiger partial charge is 0.291 e. The third-order valence-electron chi connectivity index (χ3n) is 4.11. The molecule has 0 aliphatic heterocycles. The van der Waals surface area contributed by atoms with Gasteiger partial charge in [0.05, 0.1) is 13.7 Å². The minimum absolute atomic E-state index is 0.146. The summed E-state index contributed by atoms with van der Waals surface area (Å²) in [7, 11) is 1.56. The van der Waals surface area contributed by atoms with E-state index >= 15 is 0 Å². The average molecular weight is 399 g/mol. The van der Waals surface area contributed by atoms with E-state index in [0.717, 1.165) is 5.56 Å². The monoisotopic (exact) mass is 398 g/mol. The number of carbonyl (C=O) groups is 2. The van der Waals surface area contributed by atoms with Gasteiger partial charge in [0.25, 0.3) is 11.8 Å². The summed E-state index contributed by atoms with van der Waals surface area (Å²) in [6.45, 7) is 2.03. The van der Waals surface area contributed by atoms with Gasteiger partial charge < -0.3 is 19.8 Å². The molecule has 0 atom stereocenters. The molecular formula is C21H19ClN2O4. The third-order valence-corrected chi connectivity index (χ3v) is 4.34. The lowest BCUT2D eigenvalue weighted by Gasteiger charge is -2.07. The van der Waals surface area contributed by atoms with Crippen molar-refractivity contribution in [3.8, 4) is 5.75 Å². The number of anilines is 1. The van der Waals surface area contributed by atoms with Crippen LogP contribution in [0, 0.1) is 6.92 Å². The van der Waals surface area contributed by atoms with Gasteiger partial charge in [-0.05, 0) is 61.0 Å². The molecule has 3 aromatic rings. The number of hydrogen-bond donors (Lipinski definition) is 2. The standard InChI is InChI=1S/C21H19ClN2O4/c1-13-3-6-15(22)11-18(13)24-21(26)19-10-9-17(28-19)12-23-20(25)14-4-7-16(27-2)8-5-14/h3-11H,12H2,1-2H3,(H,23,25)(H,24,26). The first-order valence-electron chi connectivity index (χ1n) is 8.55. The van der Waals surface area contributed by atoms with Crippen molar-refractivity contribution >= 4 is 29.1 Å². The van der Waals surface area contributed by atoms with Crippen LogP contribution >= 0.6 is 11.6 Å². The van der Waals surface area contributed by atoms with Crippen LogP contribution in [-0.4, -0.2) is 18.9 Å². The van der Waals surface area contributed by atoms with Crippen molar-refractivity contribution < 1.29 is 18.7 Å². The molecule has 0 bridgehead atoms. The second kappa shape index (κ2) is 8.63. The second-order valence-corrected chi connectivity index (χ2v) is 6.53. The van der Waals surface area contributed by atoms with Crippen LogP contribution in [0.4, 0.5) is 5.69 Å². The van der Waals surface area contributed by atoms with E-state index < -0.39 is 5.91 Å². The largest absolute Gasteiger partial charge is 0.497 e. The van der Waals surface area contributed by atoms with E-state index in [1.807, 2.05) is 13.0 Å². The van der Waals surface area contributed by atoms with Gasteiger partial charge in [0.2, 0.25) is 0 Å². The van der Waals surface area contributed by atoms with Crippen LogP contribution in [0.15, 0.2) is 59.0 Å². The van der Waals surface area contributed by atoms with E-state index in [4.69, 9.17) is 20.8 Å². The second-order valence-electron chi connectivity index (χ2n) is 6.09. The Balaban J connectivity index is 1.59. The number of ether oxygens (including phenoxy) is 1. The van der Waals surface area contributed by atoms with Crippen LogP contribution in [0.25, 0.3) is 0 Å². The van der Waals surface area contributed by atoms with E-state index in [-0.39, 0.29) is 18.2 Å². The van der Waals surface area contributed by atoms with E-state index in [2.05, 4.69) is 10.6 Å². The summed E-state index contributed by atoms with van der Waals surface area (Å²) in [4.78, 5) is 24.5. The van der Waals surface area contributed by atoms with Gasteiger partial charge in [-0.25, -0.2) is 0 Å². The molecule has 0 radical (unpaired) electrons. The molecule has 1 aromatic heterocycles. The Morgan fingerprint density at radius 1 is 1.04 bits per heavy atom. The quantitative estimate of drug-likeness (QED) is 0.643.